The average Bonchev–Trinajstić information content (AvgIpc) is 3.37. The monoisotopic (exact) mass is 606 g/mol. The number of phosphoric ester groups is 1. The van der Waals surface area contributed by atoms with Crippen molar-refractivity contribution in [1.29, 1.82) is 0 Å². The number of benzene rings is 2. The number of hydrogen-bond donors (Lipinski definition) is 5. The molecule has 2 bridgehead atoms. The van der Waals surface area contributed by atoms with Gasteiger partial charge in [0.2, 0.25) is 5.91 Å². The molecule has 1 atom stereocenters. The summed E-state index contributed by atoms with van der Waals surface area (Å²) in [6, 6.07) is 3.41. The number of phosphoric acid groups is 1. The summed E-state index contributed by atoms with van der Waals surface area (Å²) in [5, 5.41) is 6.43. The number of aromatic amines is 1. The summed E-state index contributed by atoms with van der Waals surface area (Å²) in [6.07, 6.45) is 3.34. The molecule has 4 amide bonds. The largest absolute Gasteiger partial charge is 0.470 e. The molecule has 0 spiro atoms. The summed E-state index contributed by atoms with van der Waals surface area (Å²) in [5.41, 5.74) is -0.194. The van der Waals surface area contributed by atoms with Crippen LogP contribution in [0.4, 0.5) is 13.6 Å². The molecule has 3 aliphatic carbocycles. The van der Waals surface area contributed by atoms with Gasteiger partial charge in [0, 0.05) is 47.0 Å². The number of amides is 4. The van der Waals surface area contributed by atoms with Gasteiger partial charge in [-0.25, -0.2) is 23.0 Å². The maximum absolute atomic E-state index is 14.2. The van der Waals surface area contributed by atoms with Gasteiger partial charge in [-0.2, -0.15) is 0 Å². The first-order valence-corrected chi connectivity index (χ1v) is 14.3. The van der Waals surface area contributed by atoms with E-state index in [1.807, 2.05) is 6.92 Å². The fourth-order valence-electron chi connectivity index (χ4n) is 6.00. The highest BCUT2D eigenvalue weighted by molar-refractivity contribution is 7.46. The number of rotatable bonds is 7. The Labute approximate surface area is 235 Å². The van der Waals surface area contributed by atoms with Gasteiger partial charge in [-0.15, -0.1) is 0 Å². The van der Waals surface area contributed by atoms with Crippen LogP contribution in [0, 0.1) is 18.6 Å². The molecule has 0 radical (unpaired) electrons. The quantitative estimate of drug-likeness (QED) is 0.155. The zero-order chi connectivity index (χ0) is 29.5. The Morgan fingerprint density at radius 3 is 2.56 bits per heavy atom. The van der Waals surface area contributed by atoms with Crippen molar-refractivity contribution < 1.29 is 42.0 Å². The first-order chi connectivity index (χ1) is 19.2. The fourth-order valence-corrected chi connectivity index (χ4v) is 6.86. The minimum atomic E-state index is -4.75. The fraction of sp³-hybridized carbons (Fsp3) is 0.269. The molecule has 5 N–H and O–H groups in total. The Kier molecular flexibility index (Phi) is 6.18. The van der Waals surface area contributed by atoms with Crippen LogP contribution >= 0.6 is 19.4 Å². The second-order valence-electron chi connectivity index (χ2n) is 10.6. The molecule has 11 nitrogen and oxygen atoms in total. The highest BCUT2D eigenvalue weighted by Gasteiger charge is 2.72. The number of nitrogens with one attached hydrogen (secondary N) is 3. The summed E-state index contributed by atoms with van der Waals surface area (Å²) in [4.78, 5) is 62.2. The molecule has 2 heterocycles. The number of carbonyl (C=O) groups excluding carboxylic acids is 3. The minimum Gasteiger partial charge on any atom is -0.360 e. The summed E-state index contributed by atoms with van der Waals surface area (Å²) in [6.45, 7) is 1.82. The molecule has 1 unspecified atom stereocenters. The Morgan fingerprint density at radius 1 is 1.20 bits per heavy atom. The molecule has 214 valence electrons. The molecular weight excluding hydrogens is 585 g/mol. The van der Waals surface area contributed by atoms with Crippen molar-refractivity contribution in [1.82, 2.24) is 20.5 Å². The van der Waals surface area contributed by atoms with Crippen molar-refractivity contribution in [2.45, 2.75) is 43.4 Å². The molecular formula is C26H22ClF2N4O7P. The lowest BCUT2D eigenvalue weighted by molar-refractivity contribution is -0.211. The van der Waals surface area contributed by atoms with Gasteiger partial charge < -0.3 is 25.4 Å². The molecule has 41 heavy (non-hydrogen) atoms. The van der Waals surface area contributed by atoms with Crippen molar-refractivity contribution in [2.75, 3.05) is 0 Å². The van der Waals surface area contributed by atoms with E-state index in [0.717, 1.165) is 34.7 Å². The summed E-state index contributed by atoms with van der Waals surface area (Å²) < 4.78 is 44.0. The van der Waals surface area contributed by atoms with E-state index in [1.54, 1.807) is 18.3 Å². The lowest BCUT2D eigenvalue weighted by Crippen LogP contribution is -2.79. The highest BCUT2D eigenvalue weighted by atomic mass is 35.5. The molecule has 7 rings (SSSR count). The number of imide groups is 1. The van der Waals surface area contributed by atoms with E-state index < -0.39 is 54.5 Å². The SMILES string of the molecule is Cc1c(Cl)ccc2c(/C=C3\NC(=O)N(C(C(=O)NC45CC(OP(=O)(O)O)(C4)C5)c4ccc(F)c(F)c4)C3=O)c[nH]c12. The zero-order valence-electron chi connectivity index (χ0n) is 21.2. The van der Waals surface area contributed by atoms with E-state index in [9.17, 15) is 27.7 Å². The van der Waals surface area contributed by atoms with E-state index in [1.165, 1.54) is 6.08 Å². The van der Waals surface area contributed by atoms with Crippen LogP contribution < -0.4 is 10.6 Å². The molecule has 3 aromatic rings. The van der Waals surface area contributed by atoms with E-state index in [0.29, 0.717) is 15.5 Å². The Bertz CT molecular complexity index is 1730. The molecule has 4 aliphatic rings. The molecule has 3 saturated carbocycles. The first kappa shape index (κ1) is 27.6. The van der Waals surface area contributed by atoms with Crippen molar-refractivity contribution in [3.05, 3.63) is 75.6 Å². The van der Waals surface area contributed by atoms with Gasteiger partial charge in [0.05, 0.1) is 11.1 Å². The predicted molar refractivity (Wildman–Crippen MR) is 141 cm³/mol. The second-order valence-corrected chi connectivity index (χ2v) is 12.2. The molecule has 4 fully saturated rings. The van der Waals surface area contributed by atoms with Crippen LogP contribution in [0.1, 0.15) is 42.0 Å². The van der Waals surface area contributed by atoms with Gasteiger partial charge in [0.15, 0.2) is 11.6 Å². The third-order valence-corrected chi connectivity index (χ3v) is 8.77. The first-order valence-electron chi connectivity index (χ1n) is 12.4. The van der Waals surface area contributed by atoms with Gasteiger partial charge in [-0.05, 0) is 42.3 Å². The van der Waals surface area contributed by atoms with Crippen molar-refractivity contribution in [3.8, 4) is 0 Å². The maximum Gasteiger partial charge on any atom is 0.470 e. The summed E-state index contributed by atoms with van der Waals surface area (Å²) in [5.74, 6) is -4.20. The number of aromatic nitrogens is 1. The second kappa shape index (κ2) is 9.20. The van der Waals surface area contributed by atoms with Crippen LogP contribution in [0.2, 0.25) is 5.02 Å². The maximum atomic E-state index is 14.2. The van der Waals surface area contributed by atoms with Crippen LogP contribution in [-0.2, 0) is 18.7 Å². The van der Waals surface area contributed by atoms with Gasteiger partial charge in [-0.1, -0.05) is 23.7 Å². The number of halogens is 3. The number of nitrogens with zero attached hydrogens (tertiary/aromatic N) is 1. The van der Waals surface area contributed by atoms with Crippen molar-refractivity contribution in [3.63, 3.8) is 0 Å². The van der Waals surface area contributed by atoms with Crippen LogP contribution in [0.5, 0.6) is 0 Å². The lowest BCUT2D eigenvalue weighted by Gasteiger charge is -2.69. The van der Waals surface area contributed by atoms with Crippen molar-refractivity contribution >= 4 is 54.2 Å². The van der Waals surface area contributed by atoms with Gasteiger partial charge >= 0.3 is 13.9 Å². The van der Waals surface area contributed by atoms with Crippen molar-refractivity contribution in [2.24, 2.45) is 0 Å². The number of aryl methyl sites for hydroxylation is 1. The molecule has 1 aromatic heterocycles. The van der Waals surface area contributed by atoms with Gasteiger partial charge in [0.25, 0.3) is 5.91 Å². The smallest absolute Gasteiger partial charge is 0.360 e. The van der Waals surface area contributed by atoms with Crippen LogP contribution in [0.25, 0.3) is 17.0 Å². The number of hydrogen-bond acceptors (Lipinski definition) is 5. The standard InChI is InChI=1S/C26H22ClF2N4O7P/c1-12-16(27)4-3-15-14(8-30-20(12)15)7-19-23(35)33(24(36)31-19)21(13-2-5-17(28)18(29)6-13)22(34)32-25-9-26(10-25,11-25)40-41(37,38)39/h2-8,21,30H,9-11H2,1H3,(H,31,36)(H,32,34)(H2,37,38,39)/b19-7-. The minimum absolute atomic E-state index is 0.0939. The number of carbonyl (C=O) groups is 3. The third-order valence-electron chi connectivity index (χ3n) is 7.74. The summed E-state index contributed by atoms with van der Waals surface area (Å²) >= 11 is 6.19. The van der Waals surface area contributed by atoms with Crippen LogP contribution in [0.15, 0.2) is 42.2 Å². The normalized spacial score (nSPS) is 25.2. The third kappa shape index (κ3) is 4.63. The number of urea groups is 1. The number of fused-ring (bicyclic) bond motifs is 1. The van der Waals surface area contributed by atoms with Crippen LogP contribution in [0.3, 0.4) is 0 Å². The van der Waals surface area contributed by atoms with Crippen LogP contribution in [-0.4, -0.2) is 48.7 Å². The van der Waals surface area contributed by atoms with E-state index in [4.69, 9.17) is 25.9 Å². The Balaban J connectivity index is 1.30. The van der Waals surface area contributed by atoms with Gasteiger partial charge in [0.1, 0.15) is 11.7 Å². The topological polar surface area (TPSA) is 161 Å². The molecule has 1 aliphatic heterocycles. The average molecular weight is 607 g/mol. The Hall–Kier alpha value is -3.61. The Morgan fingerprint density at radius 2 is 1.90 bits per heavy atom. The molecule has 2 aromatic carbocycles. The predicted octanol–water partition coefficient (Wildman–Crippen LogP) is 3.94. The van der Waals surface area contributed by atoms with E-state index in [-0.39, 0.29) is 30.5 Å². The zero-order valence-corrected chi connectivity index (χ0v) is 22.9. The van der Waals surface area contributed by atoms with E-state index in [2.05, 4.69) is 15.6 Å². The highest BCUT2D eigenvalue weighted by Crippen LogP contribution is 2.67. The molecule has 15 heteroatoms. The van der Waals surface area contributed by atoms with E-state index >= 15 is 0 Å². The summed E-state index contributed by atoms with van der Waals surface area (Å²) in [7, 11) is -4.75. The van der Waals surface area contributed by atoms with Gasteiger partial charge in [-0.3, -0.25) is 14.1 Å². The molecule has 1 saturated heterocycles. The number of H-pyrrole nitrogens is 1. The lowest BCUT2D eigenvalue weighted by atomic mass is 9.46.